The Morgan fingerprint density at radius 2 is 2.10 bits per heavy atom. The fraction of sp³-hybridized carbons (Fsp3) is 0.667. The molecule has 0 aromatic carbocycles. The molecule has 0 bridgehead atoms. The van der Waals surface area contributed by atoms with Crippen LogP contribution in [0.15, 0.2) is 12.3 Å². The molecule has 2 heterocycles. The molecule has 1 amide bonds. The molecule has 6 nitrogen and oxygen atoms in total. The normalized spacial score (nSPS) is 15.3. The summed E-state index contributed by atoms with van der Waals surface area (Å²) in [5.74, 6) is 1.71. The highest BCUT2D eigenvalue weighted by molar-refractivity contribution is 5.78. The van der Waals surface area contributed by atoms with E-state index in [4.69, 9.17) is 4.74 Å². The van der Waals surface area contributed by atoms with E-state index in [2.05, 4.69) is 20.2 Å². The Kier molecular flexibility index (Phi) is 5.92. The third kappa shape index (κ3) is 4.39. The third-order valence-electron chi connectivity index (χ3n) is 3.80. The van der Waals surface area contributed by atoms with Crippen LogP contribution in [0, 0.1) is 5.92 Å². The Bertz CT molecular complexity index is 457. The second kappa shape index (κ2) is 7.93. The maximum atomic E-state index is 12.0. The molecule has 0 radical (unpaired) electrons. The number of carbonyl (C=O) groups is 1. The Morgan fingerprint density at radius 3 is 2.76 bits per heavy atom. The predicted octanol–water partition coefficient (Wildman–Crippen LogP) is 1.37. The molecule has 2 rings (SSSR count). The number of carbonyl (C=O) groups excluding carboxylic acids is 1. The van der Waals surface area contributed by atoms with Crippen LogP contribution in [0.5, 0.6) is 0 Å². The minimum atomic E-state index is 0.0763. The van der Waals surface area contributed by atoms with E-state index in [1.165, 1.54) is 0 Å². The van der Waals surface area contributed by atoms with E-state index in [0.29, 0.717) is 12.4 Å². The summed E-state index contributed by atoms with van der Waals surface area (Å²) in [5, 5.41) is 2.92. The van der Waals surface area contributed by atoms with Crippen molar-refractivity contribution in [1.82, 2.24) is 15.3 Å². The number of hydrogen-bond donors (Lipinski definition) is 1. The van der Waals surface area contributed by atoms with Crippen molar-refractivity contribution in [3.8, 4) is 0 Å². The highest BCUT2D eigenvalue weighted by Gasteiger charge is 2.15. The zero-order chi connectivity index (χ0) is 15.1. The van der Waals surface area contributed by atoms with Gasteiger partial charge in [0.25, 0.3) is 0 Å². The number of nitrogens with zero attached hydrogens (tertiary/aromatic N) is 3. The van der Waals surface area contributed by atoms with E-state index < -0.39 is 0 Å². The number of aromatic nitrogens is 2. The van der Waals surface area contributed by atoms with Crippen LogP contribution >= 0.6 is 0 Å². The van der Waals surface area contributed by atoms with Crippen molar-refractivity contribution in [3.05, 3.63) is 18.1 Å². The van der Waals surface area contributed by atoms with Gasteiger partial charge in [-0.1, -0.05) is 13.8 Å². The van der Waals surface area contributed by atoms with Crippen molar-refractivity contribution < 1.29 is 9.53 Å². The number of amides is 1. The van der Waals surface area contributed by atoms with E-state index in [-0.39, 0.29) is 11.8 Å². The maximum Gasteiger partial charge on any atom is 0.223 e. The molecule has 1 aliphatic rings. The first-order valence-corrected chi connectivity index (χ1v) is 7.67. The van der Waals surface area contributed by atoms with Gasteiger partial charge in [-0.05, 0) is 18.9 Å². The number of anilines is 1. The van der Waals surface area contributed by atoms with Gasteiger partial charge in [0, 0.05) is 25.2 Å². The molecule has 21 heavy (non-hydrogen) atoms. The van der Waals surface area contributed by atoms with Gasteiger partial charge >= 0.3 is 0 Å². The molecule has 116 valence electrons. The summed E-state index contributed by atoms with van der Waals surface area (Å²) in [4.78, 5) is 22.9. The highest BCUT2D eigenvalue weighted by atomic mass is 16.5. The van der Waals surface area contributed by atoms with Crippen LogP contribution in [0.3, 0.4) is 0 Å². The summed E-state index contributed by atoms with van der Waals surface area (Å²) in [6, 6.07) is 1.90. The SMILES string of the molecule is CCC(CC)C(=O)NCc1nccc(N2CCOCC2)n1. The molecule has 1 N–H and O–H groups in total. The average molecular weight is 292 g/mol. The second-order valence-electron chi connectivity index (χ2n) is 5.16. The van der Waals surface area contributed by atoms with E-state index in [1.807, 2.05) is 19.9 Å². The lowest BCUT2D eigenvalue weighted by atomic mass is 10.0. The molecule has 1 fully saturated rings. The number of nitrogens with one attached hydrogen (secondary N) is 1. The van der Waals surface area contributed by atoms with Gasteiger partial charge in [0.2, 0.25) is 5.91 Å². The van der Waals surface area contributed by atoms with Gasteiger partial charge in [0.1, 0.15) is 11.6 Å². The van der Waals surface area contributed by atoms with E-state index in [0.717, 1.165) is 45.0 Å². The number of hydrogen-bond acceptors (Lipinski definition) is 5. The standard InChI is InChI=1S/C15H24N4O2/c1-3-12(4-2)15(20)17-11-13-16-6-5-14(18-13)19-7-9-21-10-8-19/h5-6,12H,3-4,7-11H2,1-2H3,(H,17,20). The van der Waals surface area contributed by atoms with Crippen LogP contribution < -0.4 is 10.2 Å². The molecule has 0 atom stereocenters. The topological polar surface area (TPSA) is 67.4 Å². The molecule has 0 saturated carbocycles. The van der Waals surface area contributed by atoms with Crippen LogP contribution in [0.25, 0.3) is 0 Å². The van der Waals surface area contributed by atoms with Crippen molar-refractivity contribution in [2.45, 2.75) is 33.2 Å². The second-order valence-corrected chi connectivity index (χ2v) is 5.16. The van der Waals surface area contributed by atoms with E-state index in [1.54, 1.807) is 6.20 Å². The van der Waals surface area contributed by atoms with Gasteiger partial charge in [-0.25, -0.2) is 9.97 Å². The summed E-state index contributed by atoms with van der Waals surface area (Å²) in [5.41, 5.74) is 0. The number of morpholine rings is 1. The highest BCUT2D eigenvalue weighted by Crippen LogP contribution is 2.12. The van der Waals surface area contributed by atoms with Crippen LogP contribution in [-0.2, 0) is 16.1 Å². The van der Waals surface area contributed by atoms with Gasteiger partial charge < -0.3 is 15.0 Å². The summed E-state index contributed by atoms with van der Waals surface area (Å²) in [7, 11) is 0. The Morgan fingerprint density at radius 1 is 1.38 bits per heavy atom. The van der Waals surface area contributed by atoms with Gasteiger partial charge in [0.15, 0.2) is 0 Å². The van der Waals surface area contributed by atoms with Crippen LogP contribution in [0.2, 0.25) is 0 Å². The first-order chi connectivity index (χ1) is 10.2. The predicted molar refractivity (Wildman–Crippen MR) is 81.0 cm³/mol. The smallest absolute Gasteiger partial charge is 0.223 e. The summed E-state index contributed by atoms with van der Waals surface area (Å²) < 4.78 is 5.34. The lowest BCUT2D eigenvalue weighted by Gasteiger charge is -2.27. The fourth-order valence-corrected chi connectivity index (χ4v) is 2.41. The van der Waals surface area contributed by atoms with Crippen LogP contribution in [0.4, 0.5) is 5.82 Å². The average Bonchev–Trinajstić information content (AvgIpc) is 2.55. The number of rotatable bonds is 6. The molecule has 0 unspecified atom stereocenters. The van der Waals surface area contributed by atoms with Gasteiger partial charge in [0.05, 0.1) is 19.8 Å². The van der Waals surface area contributed by atoms with Crippen LogP contribution in [-0.4, -0.2) is 42.2 Å². The molecule has 1 aliphatic heterocycles. The van der Waals surface area contributed by atoms with Crippen molar-refractivity contribution >= 4 is 11.7 Å². The number of ether oxygens (including phenoxy) is 1. The Balaban J connectivity index is 1.93. The van der Waals surface area contributed by atoms with Crippen LogP contribution in [0.1, 0.15) is 32.5 Å². The van der Waals surface area contributed by atoms with Crippen molar-refractivity contribution in [2.24, 2.45) is 5.92 Å². The fourth-order valence-electron chi connectivity index (χ4n) is 2.41. The molecular weight excluding hydrogens is 268 g/mol. The zero-order valence-corrected chi connectivity index (χ0v) is 12.8. The zero-order valence-electron chi connectivity index (χ0n) is 12.8. The molecule has 0 spiro atoms. The largest absolute Gasteiger partial charge is 0.378 e. The lowest BCUT2D eigenvalue weighted by molar-refractivity contribution is -0.125. The molecule has 1 aromatic heterocycles. The van der Waals surface area contributed by atoms with Gasteiger partial charge in [-0.2, -0.15) is 0 Å². The van der Waals surface area contributed by atoms with E-state index in [9.17, 15) is 4.79 Å². The van der Waals surface area contributed by atoms with Gasteiger partial charge in [-0.3, -0.25) is 4.79 Å². The molecule has 1 saturated heterocycles. The molecule has 1 aromatic rings. The molecule has 6 heteroatoms. The van der Waals surface area contributed by atoms with Crippen molar-refractivity contribution in [1.29, 1.82) is 0 Å². The Labute approximate surface area is 125 Å². The van der Waals surface area contributed by atoms with Crippen molar-refractivity contribution in [2.75, 3.05) is 31.2 Å². The monoisotopic (exact) mass is 292 g/mol. The van der Waals surface area contributed by atoms with Crippen molar-refractivity contribution in [3.63, 3.8) is 0 Å². The minimum Gasteiger partial charge on any atom is -0.378 e. The minimum absolute atomic E-state index is 0.0763. The maximum absolute atomic E-state index is 12.0. The molecular formula is C15H24N4O2. The first kappa shape index (κ1) is 15.7. The quantitative estimate of drug-likeness (QED) is 0.857. The summed E-state index contributed by atoms with van der Waals surface area (Å²) >= 11 is 0. The third-order valence-corrected chi connectivity index (χ3v) is 3.80. The lowest BCUT2D eigenvalue weighted by Crippen LogP contribution is -2.37. The van der Waals surface area contributed by atoms with Gasteiger partial charge in [-0.15, -0.1) is 0 Å². The summed E-state index contributed by atoms with van der Waals surface area (Å²) in [6.07, 6.45) is 3.46. The van der Waals surface area contributed by atoms with E-state index >= 15 is 0 Å². The Hall–Kier alpha value is -1.69. The first-order valence-electron chi connectivity index (χ1n) is 7.67. The summed E-state index contributed by atoms with van der Waals surface area (Å²) in [6.45, 7) is 7.59. The molecule has 0 aliphatic carbocycles.